The van der Waals surface area contributed by atoms with E-state index in [0.29, 0.717) is 29.8 Å². The van der Waals surface area contributed by atoms with E-state index in [1.165, 1.54) is 7.11 Å². The summed E-state index contributed by atoms with van der Waals surface area (Å²) in [6.07, 6.45) is 5.83. The second-order valence-electron chi connectivity index (χ2n) is 3.05. The molecule has 0 fully saturated rings. The van der Waals surface area contributed by atoms with Gasteiger partial charge < -0.3 is 10.5 Å². The molecule has 1 aromatic carbocycles. The minimum Gasteiger partial charge on any atom is -0.495 e. The van der Waals surface area contributed by atoms with Crippen LogP contribution in [-0.4, -0.2) is 12.9 Å². The number of carbonyl (C=O) groups excluding carboxylic acids is 1. The van der Waals surface area contributed by atoms with Crippen molar-refractivity contribution in [3.8, 4) is 18.1 Å². The summed E-state index contributed by atoms with van der Waals surface area (Å²) < 4.78 is 5.02. The van der Waals surface area contributed by atoms with Gasteiger partial charge in [-0.05, 0) is 12.1 Å². The van der Waals surface area contributed by atoms with Gasteiger partial charge in [-0.15, -0.1) is 12.3 Å². The lowest BCUT2D eigenvalue weighted by molar-refractivity contribution is 0.0985. The first-order valence-electron chi connectivity index (χ1n) is 4.59. The Hall–Kier alpha value is -1.95. The standard InChI is InChI=1S/C12H13NO2/c1-3-4-7-10(14)9-6-5-8-11(15-2)12(9)13/h1,5-6,8H,4,7,13H2,2H3. The van der Waals surface area contributed by atoms with Gasteiger partial charge in [0.2, 0.25) is 0 Å². The number of hydrogen-bond donors (Lipinski definition) is 1. The number of anilines is 1. The van der Waals surface area contributed by atoms with E-state index in [1.807, 2.05) is 0 Å². The van der Waals surface area contributed by atoms with Gasteiger partial charge in [0.1, 0.15) is 5.75 Å². The Morgan fingerprint density at radius 1 is 1.60 bits per heavy atom. The summed E-state index contributed by atoms with van der Waals surface area (Å²) in [5.41, 5.74) is 6.62. The van der Waals surface area contributed by atoms with Crippen LogP contribution in [0.4, 0.5) is 5.69 Å². The molecule has 3 nitrogen and oxygen atoms in total. The Morgan fingerprint density at radius 3 is 2.93 bits per heavy atom. The van der Waals surface area contributed by atoms with Crippen molar-refractivity contribution in [2.75, 3.05) is 12.8 Å². The zero-order valence-electron chi connectivity index (χ0n) is 8.62. The summed E-state index contributed by atoms with van der Waals surface area (Å²) in [6, 6.07) is 5.13. The lowest BCUT2D eigenvalue weighted by Gasteiger charge is -2.08. The van der Waals surface area contributed by atoms with Crippen molar-refractivity contribution in [3.63, 3.8) is 0 Å². The number of nitrogens with two attached hydrogens (primary N) is 1. The molecule has 15 heavy (non-hydrogen) atoms. The Morgan fingerprint density at radius 2 is 2.33 bits per heavy atom. The van der Waals surface area contributed by atoms with Gasteiger partial charge in [-0.3, -0.25) is 4.79 Å². The Balaban J connectivity index is 2.95. The molecule has 0 saturated carbocycles. The number of para-hydroxylation sites is 1. The summed E-state index contributed by atoms with van der Waals surface area (Å²) in [4.78, 5) is 11.7. The Bertz CT molecular complexity index is 405. The largest absolute Gasteiger partial charge is 0.495 e. The molecule has 2 N–H and O–H groups in total. The van der Waals surface area contributed by atoms with Crippen LogP contribution in [-0.2, 0) is 0 Å². The fraction of sp³-hybridized carbons (Fsp3) is 0.250. The average molecular weight is 203 g/mol. The molecule has 1 rings (SSSR count). The third-order valence-electron chi connectivity index (χ3n) is 2.08. The molecule has 0 aliphatic rings. The van der Waals surface area contributed by atoms with E-state index in [-0.39, 0.29) is 5.78 Å². The first kappa shape index (κ1) is 11.1. The number of ether oxygens (including phenoxy) is 1. The molecule has 0 radical (unpaired) electrons. The van der Waals surface area contributed by atoms with Crippen molar-refractivity contribution in [1.82, 2.24) is 0 Å². The van der Waals surface area contributed by atoms with Crippen molar-refractivity contribution in [2.24, 2.45) is 0 Å². The summed E-state index contributed by atoms with van der Waals surface area (Å²) >= 11 is 0. The molecule has 0 aromatic heterocycles. The molecule has 0 aliphatic carbocycles. The van der Waals surface area contributed by atoms with E-state index in [1.54, 1.807) is 18.2 Å². The number of nitrogen functional groups attached to an aromatic ring is 1. The van der Waals surface area contributed by atoms with Gasteiger partial charge in [-0.2, -0.15) is 0 Å². The second-order valence-corrected chi connectivity index (χ2v) is 3.05. The maximum absolute atomic E-state index is 11.7. The quantitative estimate of drug-likeness (QED) is 0.461. The molecule has 0 spiro atoms. The fourth-order valence-electron chi connectivity index (χ4n) is 1.29. The third kappa shape index (κ3) is 2.50. The minimum atomic E-state index is -0.0515. The van der Waals surface area contributed by atoms with Crippen molar-refractivity contribution < 1.29 is 9.53 Å². The first-order chi connectivity index (χ1) is 7.20. The second kappa shape index (κ2) is 5.06. The Labute approximate surface area is 89.2 Å². The van der Waals surface area contributed by atoms with Crippen molar-refractivity contribution >= 4 is 11.5 Å². The van der Waals surface area contributed by atoms with Gasteiger partial charge in [-0.25, -0.2) is 0 Å². The fourth-order valence-corrected chi connectivity index (χ4v) is 1.29. The van der Waals surface area contributed by atoms with Gasteiger partial charge in [0, 0.05) is 18.4 Å². The summed E-state index contributed by atoms with van der Waals surface area (Å²) in [5.74, 6) is 2.89. The van der Waals surface area contributed by atoms with Crippen molar-refractivity contribution in [2.45, 2.75) is 12.8 Å². The topological polar surface area (TPSA) is 52.3 Å². The van der Waals surface area contributed by atoms with Crippen LogP contribution < -0.4 is 10.5 Å². The van der Waals surface area contributed by atoms with E-state index in [9.17, 15) is 4.79 Å². The number of Topliss-reactive ketones (excluding diaryl/α,β-unsaturated/α-hetero) is 1. The average Bonchev–Trinajstić information content (AvgIpc) is 2.26. The predicted octanol–water partition coefficient (Wildman–Crippen LogP) is 1.87. The molecule has 3 heteroatoms. The van der Waals surface area contributed by atoms with Crippen LogP contribution in [0, 0.1) is 12.3 Å². The van der Waals surface area contributed by atoms with Gasteiger partial charge in [0.05, 0.1) is 12.8 Å². The molecule has 1 aromatic rings. The van der Waals surface area contributed by atoms with Gasteiger partial charge >= 0.3 is 0 Å². The molecule has 0 bridgehead atoms. The minimum absolute atomic E-state index is 0.0515. The molecular formula is C12H13NO2. The molecule has 78 valence electrons. The summed E-state index contributed by atoms with van der Waals surface area (Å²) in [5, 5.41) is 0. The number of benzene rings is 1. The van der Waals surface area contributed by atoms with E-state index in [0.717, 1.165) is 0 Å². The lowest BCUT2D eigenvalue weighted by atomic mass is 10.0. The van der Waals surface area contributed by atoms with E-state index in [2.05, 4.69) is 5.92 Å². The Kier molecular flexibility index (Phi) is 3.75. The number of ketones is 1. The molecule has 0 heterocycles. The van der Waals surface area contributed by atoms with Crippen LogP contribution in [0.1, 0.15) is 23.2 Å². The highest BCUT2D eigenvalue weighted by molar-refractivity contribution is 6.01. The van der Waals surface area contributed by atoms with Crippen LogP contribution in [0.2, 0.25) is 0 Å². The normalized spacial score (nSPS) is 9.33. The molecular weight excluding hydrogens is 190 g/mol. The smallest absolute Gasteiger partial charge is 0.166 e. The van der Waals surface area contributed by atoms with Crippen LogP contribution in [0.25, 0.3) is 0 Å². The monoisotopic (exact) mass is 203 g/mol. The van der Waals surface area contributed by atoms with Crippen LogP contribution in [0.3, 0.4) is 0 Å². The zero-order valence-corrected chi connectivity index (χ0v) is 8.62. The molecule has 0 amide bonds. The highest BCUT2D eigenvalue weighted by Crippen LogP contribution is 2.25. The molecule has 0 saturated heterocycles. The van der Waals surface area contributed by atoms with Gasteiger partial charge in [0.25, 0.3) is 0 Å². The van der Waals surface area contributed by atoms with Crippen molar-refractivity contribution in [1.29, 1.82) is 0 Å². The lowest BCUT2D eigenvalue weighted by Crippen LogP contribution is -2.04. The highest BCUT2D eigenvalue weighted by Gasteiger charge is 2.11. The van der Waals surface area contributed by atoms with Crippen LogP contribution in [0.5, 0.6) is 5.75 Å². The maximum Gasteiger partial charge on any atom is 0.166 e. The molecule has 0 atom stereocenters. The third-order valence-corrected chi connectivity index (χ3v) is 2.08. The number of methoxy groups -OCH3 is 1. The van der Waals surface area contributed by atoms with Crippen LogP contribution in [0.15, 0.2) is 18.2 Å². The summed E-state index contributed by atoms with van der Waals surface area (Å²) in [6.45, 7) is 0. The van der Waals surface area contributed by atoms with E-state index >= 15 is 0 Å². The van der Waals surface area contributed by atoms with Crippen molar-refractivity contribution in [3.05, 3.63) is 23.8 Å². The number of carbonyl (C=O) groups is 1. The van der Waals surface area contributed by atoms with Crippen LogP contribution >= 0.6 is 0 Å². The molecule has 0 aliphatic heterocycles. The maximum atomic E-state index is 11.7. The zero-order chi connectivity index (χ0) is 11.3. The SMILES string of the molecule is C#CCCC(=O)c1cccc(OC)c1N. The number of terminal acetylenes is 1. The first-order valence-corrected chi connectivity index (χ1v) is 4.59. The van der Waals surface area contributed by atoms with Gasteiger partial charge in [0.15, 0.2) is 5.78 Å². The summed E-state index contributed by atoms with van der Waals surface area (Å²) in [7, 11) is 1.52. The predicted molar refractivity (Wildman–Crippen MR) is 59.8 cm³/mol. The number of rotatable bonds is 4. The molecule has 0 unspecified atom stereocenters. The highest BCUT2D eigenvalue weighted by atomic mass is 16.5. The number of hydrogen-bond acceptors (Lipinski definition) is 3. The van der Waals surface area contributed by atoms with E-state index < -0.39 is 0 Å². The van der Waals surface area contributed by atoms with E-state index in [4.69, 9.17) is 16.9 Å². The van der Waals surface area contributed by atoms with Gasteiger partial charge in [-0.1, -0.05) is 6.07 Å².